The van der Waals surface area contributed by atoms with Gasteiger partial charge >= 0.3 is 0 Å². The number of hydrogen-bond acceptors (Lipinski definition) is 3. The predicted molar refractivity (Wildman–Crippen MR) is 59.6 cm³/mol. The van der Waals surface area contributed by atoms with Gasteiger partial charge in [-0.05, 0) is 51.2 Å². The van der Waals surface area contributed by atoms with Gasteiger partial charge in [0.05, 0.1) is 6.04 Å². The monoisotopic (exact) mass is 211 g/mol. The standard InChI is InChI=1S/C11H21N3O/c15-11-10(4-2-6-13-11)14-8-9-3-1-5-12-7-9/h9-10,12,14H,1-8H2,(H,13,15). The quantitative estimate of drug-likeness (QED) is 0.609. The lowest BCUT2D eigenvalue weighted by Gasteiger charge is -2.27. The molecule has 15 heavy (non-hydrogen) atoms. The van der Waals surface area contributed by atoms with Crippen LogP contribution in [0, 0.1) is 5.92 Å². The van der Waals surface area contributed by atoms with E-state index in [0.717, 1.165) is 39.0 Å². The molecule has 86 valence electrons. The van der Waals surface area contributed by atoms with Gasteiger partial charge in [0, 0.05) is 6.54 Å². The van der Waals surface area contributed by atoms with Crippen LogP contribution >= 0.6 is 0 Å². The number of piperidine rings is 2. The summed E-state index contributed by atoms with van der Waals surface area (Å²) in [6, 6.07) is 0.0562. The first kappa shape index (κ1) is 10.9. The van der Waals surface area contributed by atoms with Crippen molar-refractivity contribution in [2.75, 3.05) is 26.2 Å². The maximum atomic E-state index is 11.5. The van der Waals surface area contributed by atoms with E-state index in [4.69, 9.17) is 0 Å². The summed E-state index contributed by atoms with van der Waals surface area (Å²) >= 11 is 0. The summed E-state index contributed by atoms with van der Waals surface area (Å²) in [6.07, 6.45) is 4.65. The highest BCUT2D eigenvalue weighted by molar-refractivity contribution is 5.82. The van der Waals surface area contributed by atoms with Crippen molar-refractivity contribution in [3.63, 3.8) is 0 Å². The molecule has 2 aliphatic heterocycles. The molecule has 0 aromatic carbocycles. The van der Waals surface area contributed by atoms with Crippen LogP contribution in [0.25, 0.3) is 0 Å². The van der Waals surface area contributed by atoms with Gasteiger partial charge in [0.15, 0.2) is 0 Å². The number of rotatable bonds is 3. The summed E-state index contributed by atoms with van der Waals surface area (Å²) in [4.78, 5) is 11.5. The Kier molecular flexibility index (Phi) is 3.97. The molecule has 0 saturated carbocycles. The van der Waals surface area contributed by atoms with Gasteiger partial charge in [-0.25, -0.2) is 0 Å². The molecule has 2 fully saturated rings. The van der Waals surface area contributed by atoms with E-state index in [1.165, 1.54) is 12.8 Å². The van der Waals surface area contributed by atoms with Crippen molar-refractivity contribution in [1.29, 1.82) is 0 Å². The number of nitrogens with one attached hydrogen (secondary N) is 3. The van der Waals surface area contributed by atoms with Gasteiger partial charge in [0.2, 0.25) is 5.91 Å². The molecule has 2 aliphatic rings. The van der Waals surface area contributed by atoms with Gasteiger partial charge in [0.25, 0.3) is 0 Å². The zero-order chi connectivity index (χ0) is 10.5. The van der Waals surface area contributed by atoms with E-state index < -0.39 is 0 Å². The van der Waals surface area contributed by atoms with Crippen LogP contribution in [0.3, 0.4) is 0 Å². The molecule has 3 N–H and O–H groups in total. The highest BCUT2D eigenvalue weighted by Crippen LogP contribution is 2.10. The maximum Gasteiger partial charge on any atom is 0.237 e. The number of carbonyl (C=O) groups excluding carboxylic acids is 1. The third kappa shape index (κ3) is 3.18. The molecule has 0 spiro atoms. The summed E-state index contributed by atoms with van der Waals surface area (Å²) < 4.78 is 0. The fourth-order valence-corrected chi connectivity index (χ4v) is 2.37. The normalized spacial score (nSPS) is 32.4. The maximum absolute atomic E-state index is 11.5. The zero-order valence-corrected chi connectivity index (χ0v) is 9.22. The summed E-state index contributed by atoms with van der Waals surface area (Å²) in [6.45, 7) is 4.08. The van der Waals surface area contributed by atoms with E-state index >= 15 is 0 Å². The minimum absolute atomic E-state index is 0.0562. The van der Waals surface area contributed by atoms with E-state index in [1.54, 1.807) is 0 Å². The molecule has 1 amide bonds. The summed E-state index contributed by atoms with van der Waals surface area (Å²) in [5.74, 6) is 0.887. The molecule has 2 heterocycles. The lowest BCUT2D eigenvalue weighted by Crippen LogP contribution is -2.50. The van der Waals surface area contributed by atoms with Crippen LogP contribution in [0.2, 0.25) is 0 Å². The van der Waals surface area contributed by atoms with Crippen molar-refractivity contribution >= 4 is 5.91 Å². The minimum Gasteiger partial charge on any atom is -0.355 e. The summed E-state index contributed by atoms with van der Waals surface area (Å²) in [5.41, 5.74) is 0. The number of carbonyl (C=O) groups is 1. The molecule has 2 saturated heterocycles. The first-order chi connectivity index (χ1) is 7.36. The molecule has 2 unspecified atom stereocenters. The molecule has 0 radical (unpaired) electrons. The molecular weight excluding hydrogens is 190 g/mol. The van der Waals surface area contributed by atoms with Gasteiger partial charge in [-0.3, -0.25) is 4.79 Å². The van der Waals surface area contributed by atoms with Gasteiger partial charge in [-0.15, -0.1) is 0 Å². The highest BCUT2D eigenvalue weighted by Gasteiger charge is 2.22. The Bertz CT molecular complexity index is 214. The van der Waals surface area contributed by atoms with Crippen molar-refractivity contribution in [2.24, 2.45) is 5.92 Å². The first-order valence-electron chi connectivity index (χ1n) is 6.08. The van der Waals surface area contributed by atoms with Crippen LogP contribution in [-0.2, 0) is 4.79 Å². The van der Waals surface area contributed by atoms with Crippen molar-refractivity contribution in [3.05, 3.63) is 0 Å². The smallest absolute Gasteiger partial charge is 0.237 e. The zero-order valence-electron chi connectivity index (χ0n) is 9.22. The Morgan fingerprint density at radius 1 is 1.27 bits per heavy atom. The fraction of sp³-hybridized carbons (Fsp3) is 0.909. The molecule has 4 nitrogen and oxygen atoms in total. The van der Waals surface area contributed by atoms with Crippen LogP contribution in [0.5, 0.6) is 0 Å². The molecule has 2 rings (SSSR count). The lowest BCUT2D eigenvalue weighted by molar-refractivity contribution is -0.124. The Morgan fingerprint density at radius 3 is 2.87 bits per heavy atom. The molecule has 4 heteroatoms. The van der Waals surface area contributed by atoms with Crippen LogP contribution in [0.4, 0.5) is 0 Å². The van der Waals surface area contributed by atoms with Crippen LogP contribution in [0.1, 0.15) is 25.7 Å². The Labute approximate surface area is 91.2 Å². The Hall–Kier alpha value is -0.610. The SMILES string of the molecule is O=C1NCCCC1NCC1CCCNC1. The average molecular weight is 211 g/mol. The summed E-state index contributed by atoms with van der Waals surface area (Å²) in [5, 5.41) is 9.69. The van der Waals surface area contributed by atoms with E-state index in [9.17, 15) is 4.79 Å². The van der Waals surface area contributed by atoms with Gasteiger partial charge in [-0.2, -0.15) is 0 Å². The topological polar surface area (TPSA) is 53.2 Å². The molecule has 0 aliphatic carbocycles. The molecular formula is C11H21N3O. The van der Waals surface area contributed by atoms with Crippen LogP contribution in [-0.4, -0.2) is 38.1 Å². The van der Waals surface area contributed by atoms with Crippen LogP contribution < -0.4 is 16.0 Å². The second-order valence-electron chi connectivity index (χ2n) is 4.61. The van der Waals surface area contributed by atoms with Crippen molar-refractivity contribution in [1.82, 2.24) is 16.0 Å². The second-order valence-corrected chi connectivity index (χ2v) is 4.61. The minimum atomic E-state index is 0.0562. The van der Waals surface area contributed by atoms with Crippen molar-refractivity contribution in [3.8, 4) is 0 Å². The van der Waals surface area contributed by atoms with E-state index in [-0.39, 0.29) is 11.9 Å². The average Bonchev–Trinajstić information content (AvgIpc) is 2.29. The van der Waals surface area contributed by atoms with Crippen molar-refractivity contribution < 1.29 is 4.79 Å². The van der Waals surface area contributed by atoms with E-state index in [0.29, 0.717) is 5.92 Å². The molecule has 0 aromatic rings. The third-order valence-electron chi connectivity index (χ3n) is 3.34. The van der Waals surface area contributed by atoms with Gasteiger partial charge in [0.1, 0.15) is 0 Å². The molecule has 0 aromatic heterocycles. The Morgan fingerprint density at radius 2 is 2.13 bits per heavy atom. The van der Waals surface area contributed by atoms with Gasteiger partial charge in [-0.1, -0.05) is 0 Å². The van der Waals surface area contributed by atoms with Gasteiger partial charge < -0.3 is 16.0 Å². The van der Waals surface area contributed by atoms with E-state index in [1.807, 2.05) is 0 Å². The predicted octanol–water partition coefficient (Wildman–Crippen LogP) is -0.146. The largest absolute Gasteiger partial charge is 0.355 e. The molecule has 0 bridgehead atoms. The van der Waals surface area contributed by atoms with Crippen molar-refractivity contribution in [2.45, 2.75) is 31.7 Å². The van der Waals surface area contributed by atoms with E-state index in [2.05, 4.69) is 16.0 Å². The Balaban J connectivity index is 1.69. The second kappa shape index (κ2) is 5.47. The van der Waals surface area contributed by atoms with Crippen LogP contribution in [0.15, 0.2) is 0 Å². The number of hydrogen-bond donors (Lipinski definition) is 3. The number of amides is 1. The highest BCUT2D eigenvalue weighted by atomic mass is 16.2. The fourth-order valence-electron chi connectivity index (χ4n) is 2.37. The third-order valence-corrected chi connectivity index (χ3v) is 3.34. The molecule has 2 atom stereocenters. The first-order valence-corrected chi connectivity index (χ1v) is 6.08. The lowest BCUT2D eigenvalue weighted by atomic mass is 9.98. The summed E-state index contributed by atoms with van der Waals surface area (Å²) in [7, 11) is 0.